The highest BCUT2D eigenvalue weighted by Gasteiger charge is 2.32. The zero-order valence-corrected chi connectivity index (χ0v) is 24.6. The Kier molecular flexibility index (Phi) is 10.2. The third-order valence-corrected chi connectivity index (χ3v) is 8.82. The van der Waals surface area contributed by atoms with Crippen molar-refractivity contribution >= 4 is 39.1 Å². The largest absolute Gasteiger partial charge is 0.352 e. The molecule has 7 nitrogen and oxygen atoms in total. The summed E-state index contributed by atoms with van der Waals surface area (Å²) in [7, 11) is -4.10. The molecular weight excluding hydrogens is 534 g/mol. The van der Waals surface area contributed by atoms with Gasteiger partial charge < -0.3 is 10.2 Å². The number of aryl methyl sites for hydroxylation is 2. The maximum atomic E-state index is 14.0. The molecule has 0 bridgehead atoms. The maximum Gasteiger partial charge on any atom is 0.264 e. The van der Waals surface area contributed by atoms with E-state index in [2.05, 4.69) is 5.32 Å². The van der Waals surface area contributed by atoms with Gasteiger partial charge in [0.05, 0.1) is 10.6 Å². The lowest BCUT2D eigenvalue weighted by atomic mass is 10.1. The molecule has 9 heteroatoms. The van der Waals surface area contributed by atoms with Gasteiger partial charge in [-0.05, 0) is 87.2 Å². The van der Waals surface area contributed by atoms with Gasteiger partial charge in [0.1, 0.15) is 12.6 Å². The third-order valence-electron chi connectivity index (χ3n) is 6.80. The summed E-state index contributed by atoms with van der Waals surface area (Å²) >= 11 is 6.19. The van der Waals surface area contributed by atoms with Crippen LogP contribution in [0.1, 0.15) is 43.9 Å². The van der Waals surface area contributed by atoms with Crippen LogP contribution in [0.15, 0.2) is 77.7 Å². The molecule has 0 aromatic heterocycles. The molecule has 0 saturated carbocycles. The second-order valence-electron chi connectivity index (χ2n) is 9.74. The summed E-state index contributed by atoms with van der Waals surface area (Å²) in [5, 5.41) is 3.43. The minimum absolute atomic E-state index is 0.0694. The van der Waals surface area contributed by atoms with Crippen molar-refractivity contribution in [2.24, 2.45) is 0 Å². The topological polar surface area (TPSA) is 86.8 Å². The first kappa shape index (κ1) is 30.2. The molecule has 0 aliphatic carbocycles. The molecule has 2 atom stereocenters. The Balaban J connectivity index is 2.04. The normalized spacial score (nSPS) is 12.9. The Morgan fingerprint density at radius 3 is 2.23 bits per heavy atom. The van der Waals surface area contributed by atoms with Crippen LogP contribution in [-0.4, -0.2) is 43.8 Å². The maximum absolute atomic E-state index is 14.0. The molecule has 208 valence electrons. The van der Waals surface area contributed by atoms with Crippen LogP contribution in [0.3, 0.4) is 0 Å². The van der Waals surface area contributed by atoms with Gasteiger partial charge in [-0.25, -0.2) is 8.42 Å². The minimum Gasteiger partial charge on any atom is -0.352 e. The molecule has 39 heavy (non-hydrogen) atoms. The summed E-state index contributed by atoms with van der Waals surface area (Å²) in [5.41, 5.74) is 2.99. The van der Waals surface area contributed by atoms with Gasteiger partial charge in [-0.15, -0.1) is 0 Å². The molecule has 1 N–H and O–H groups in total. The first-order chi connectivity index (χ1) is 18.4. The van der Waals surface area contributed by atoms with E-state index in [1.54, 1.807) is 55.5 Å². The highest BCUT2D eigenvalue weighted by atomic mass is 35.5. The quantitative estimate of drug-likeness (QED) is 0.331. The highest BCUT2D eigenvalue weighted by Crippen LogP contribution is 2.26. The van der Waals surface area contributed by atoms with Crippen LogP contribution >= 0.6 is 11.6 Å². The lowest BCUT2D eigenvalue weighted by Gasteiger charge is -2.32. The van der Waals surface area contributed by atoms with Crippen LogP contribution in [0.4, 0.5) is 5.69 Å². The van der Waals surface area contributed by atoms with Crippen LogP contribution in [0.25, 0.3) is 0 Å². The van der Waals surface area contributed by atoms with Gasteiger partial charge in [-0.1, -0.05) is 54.9 Å². The molecular formula is C30H36ClN3O4S. The molecule has 3 rings (SSSR count). The third kappa shape index (κ3) is 7.61. The van der Waals surface area contributed by atoms with Crippen LogP contribution in [0.2, 0.25) is 5.02 Å². The van der Waals surface area contributed by atoms with Gasteiger partial charge in [0.15, 0.2) is 0 Å². The van der Waals surface area contributed by atoms with Crippen molar-refractivity contribution < 1.29 is 18.0 Å². The van der Waals surface area contributed by atoms with Gasteiger partial charge >= 0.3 is 0 Å². The smallest absolute Gasteiger partial charge is 0.264 e. The molecule has 3 aromatic carbocycles. The molecule has 0 aliphatic rings. The molecule has 0 heterocycles. The minimum atomic E-state index is -4.10. The average Bonchev–Trinajstić information content (AvgIpc) is 2.91. The van der Waals surface area contributed by atoms with Crippen molar-refractivity contribution in [3.63, 3.8) is 0 Å². The number of hydrogen-bond donors (Lipinski definition) is 1. The molecule has 0 fully saturated rings. The second-order valence-corrected chi connectivity index (χ2v) is 12.0. The van der Waals surface area contributed by atoms with Gasteiger partial charge in [0, 0.05) is 17.6 Å². The number of rotatable bonds is 11. The number of amides is 2. The summed E-state index contributed by atoms with van der Waals surface area (Å²) in [5.74, 6) is -0.831. The number of anilines is 1. The lowest BCUT2D eigenvalue weighted by molar-refractivity contribution is -0.139. The number of benzene rings is 3. The number of sulfonamides is 1. The first-order valence-electron chi connectivity index (χ1n) is 12.9. The number of carbonyl (C=O) groups excluding carboxylic acids is 2. The van der Waals surface area contributed by atoms with E-state index in [1.165, 1.54) is 17.0 Å². The monoisotopic (exact) mass is 569 g/mol. The lowest BCUT2D eigenvalue weighted by Crippen LogP contribution is -2.52. The van der Waals surface area contributed by atoms with E-state index < -0.39 is 28.5 Å². The van der Waals surface area contributed by atoms with E-state index in [9.17, 15) is 18.0 Å². The van der Waals surface area contributed by atoms with Crippen molar-refractivity contribution in [2.75, 3.05) is 10.8 Å². The summed E-state index contributed by atoms with van der Waals surface area (Å²) in [6.07, 6.45) is 0.733. The molecule has 2 amide bonds. The molecule has 0 saturated heterocycles. The van der Waals surface area contributed by atoms with E-state index in [0.717, 1.165) is 27.4 Å². The number of nitrogens with zero attached hydrogens (tertiary/aromatic N) is 2. The first-order valence-corrected chi connectivity index (χ1v) is 14.7. The van der Waals surface area contributed by atoms with Crippen molar-refractivity contribution in [1.29, 1.82) is 0 Å². The van der Waals surface area contributed by atoms with E-state index in [4.69, 9.17) is 11.6 Å². The van der Waals surface area contributed by atoms with Crippen molar-refractivity contribution in [3.05, 3.63) is 94.5 Å². The summed E-state index contributed by atoms with van der Waals surface area (Å²) in [4.78, 5) is 28.5. The molecule has 0 unspecified atom stereocenters. The Bertz CT molecular complexity index is 1410. The number of carbonyl (C=O) groups is 2. The molecule has 3 aromatic rings. The van der Waals surface area contributed by atoms with E-state index >= 15 is 0 Å². The molecule has 0 aliphatic heterocycles. The number of halogens is 1. The van der Waals surface area contributed by atoms with Gasteiger partial charge in [-0.2, -0.15) is 0 Å². The number of nitrogens with one attached hydrogen (secondary N) is 1. The summed E-state index contributed by atoms with van der Waals surface area (Å²) < 4.78 is 28.8. The van der Waals surface area contributed by atoms with Crippen molar-refractivity contribution in [2.45, 2.75) is 64.6 Å². The van der Waals surface area contributed by atoms with Crippen LogP contribution in [0.5, 0.6) is 0 Å². The zero-order valence-electron chi connectivity index (χ0n) is 23.0. The Morgan fingerprint density at radius 1 is 0.923 bits per heavy atom. The SMILES string of the molecule is CC[C@@H](C)NC(=O)[C@H](C)N(Cc1cccc(Cl)c1)C(=O)CN(c1ccc(C)c(C)c1)S(=O)(=O)c1ccccc1. The second kappa shape index (κ2) is 13.1. The number of hydrogen-bond acceptors (Lipinski definition) is 4. The fourth-order valence-corrected chi connectivity index (χ4v) is 5.65. The van der Waals surface area contributed by atoms with Crippen LogP contribution < -0.4 is 9.62 Å². The van der Waals surface area contributed by atoms with Crippen LogP contribution in [0, 0.1) is 13.8 Å². The summed E-state index contributed by atoms with van der Waals surface area (Å²) in [6.45, 7) is 8.92. The van der Waals surface area contributed by atoms with Crippen molar-refractivity contribution in [1.82, 2.24) is 10.2 Å². The van der Waals surface area contributed by atoms with Gasteiger partial charge in [-0.3, -0.25) is 13.9 Å². The summed E-state index contributed by atoms with van der Waals surface area (Å²) in [6, 6.07) is 19.4. The Hall–Kier alpha value is -3.36. The average molecular weight is 570 g/mol. The predicted molar refractivity (Wildman–Crippen MR) is 156 cm³/mol. The predicted octanol–water partition coefficient (Wildman–Crippen LogP) is 5.48. The van der Waals surface area contributed by atoms with Gasteiger partial charge in [0.25, 0.3) is 10.0 Å². The van der Waals surface area contributed by atoms with Crippen LogP contribution in [-0.2, 0) is 26.2 Å². The fraction of sp³-hybridized carbons (Fsp3) is 0.333. The van der Waals surface area contributed by atoms with E-state index in [1.807, 2.05) is 39.8 Å². The molecule has 0 radical (unpaired) electrons. The standard InChI is InChI=1S/C30H36ClN3O4S/c1-6-23(4)32-30(36)24(5)33(19-25-11-10-12-26(31)18-25)29(35)20-34(27-16-15-21(2)22(3)17-27)39(37,38)28-13-8-7-9-14-28/h7-18,23-24H,6,19-20H2,1-5H3,(H,32,36)/t23-,24+/m1/s1. The van der Waals surface area contributed by atoms with E-state index in [0.29, 0.717) is 10.7 Å². The van der Waals surface area contributed by atoms with Gasteiger partial charge in [0.2, 0.25) is 11.8 Å². The molecule has 0 spiro atoms. The fourth-order valence-electron chi connectivity index (χ4n) is 4.01. The Morgan fingerprint density at radius 2 is 1.62 bits per heavy atom. The van der Waals surface area contributed by atoms with Crippen molar-refractivity contribution in [3.8, 4) is 0 Å². The highest BCUT2D eigenvalue weighted by molar-refractivity contribution is 7.92. The zero-order chi connectivity index (χ0) is 28.7. The Labute approximate surface area is 236 Å². The van der Waals surface area contributed by atoms with E-state index in [-0.39, 0.29) is 23.4 Å².